The SMILES string of the molecule is CNCc1cncc(N2CCc3ccccc3C2)n1. The van der Waals surface area contributed by atoms with Gasteiger partial charge in [0.15, 0.2) is 0 Å². The molecule has 1 aromatic carbocycles. The molecule has 0 spiro atoms. The lowest BCUT2D eigenvalue weighted by Gasteiger charge is -2.29. The first-order valence-electron chi connectivity index (χ1n) is 6.64. The van der Waals surface area contributed by atoms with E-state index < -0.39 is 0 Å². The van der Waals surface area contributed by atoms with Crippen molar-refractivity contribution in [3.8, 4) is 0 Å². The second kappa shape index (κ2) is 5.36. The van der Waals surface area contributed by atoms with E-state index in [1.165, 1.54) is 11.1 Å². The largest absolute Gasteiger partial charge is 0.351 e. The van der Waals surface area contributed by atoms with Gasteiger partial charge < -0.3 is 10.2 Å². The molecule has 0 saturated carbocycles. The Balaban J connectivity index is 1.82. The van der Waals surface area contributed by atoms with Crippen molar-refractivity contribution in [1.29, 1.82) is 0 Å². The summed E-state index contributed by atoms with van der Waals surface area (Å²) in [6.07, 6.45) is 4.75. The van der Waals surface area contributed by atoms with Crippen LogP contribution in [0.5, 0.6) is 0 Å². The number of nitrogens with zero attached hydrogens (tertiary/aromatic N) is 3. The van der Waals surface area contributed by atoms with Crippen LogP contribution in [0.1, 0.15) is 16.8 Å². The summed E-state index contributed by atoms with van der Waals surface area (Å²) < 4.78 is 0. The number of hydrogen-bond donors (Lipinski definition) is 1. The summed E-state index contributed by atoms with van der Waals surface area (Å²) in [6, 6.07) is 8.63. The summed E-state index contributed by atoms with van der Waals surface area (Å²) in [4.78, 5) is 11.3. The zero-order valence-corrected chi connectivity index (χ0v) is 11.1. The summed E-state index contributed by atoms with van der Waals surface area (Å²) in [7, 11) is 1.92. The van der Waals surface area contributed by atoms with E-state index >= 15 is 0 Å². The van der Waals surface area contributed by atoms with E-state index in [2.05, 4.69) is 44.5 Å². The summed E-state index contributed by atoms with van der Waals surface area (Å²) >= 11 is 0. The van der Waals surface area contributed by atoms with Gasteiger partial charge in [-0.15, -0.1) is 0 Å². The first-order valence-corrected chi connectivity index (χ1v) is 6.64. The molecular formula is C15H18N4. The predicted octanol–water partition coefficient (Wildman–Crippen LogP) is 1.76. The van der Waals surface area contributed by atoms with Crippen LogP contribution in [-0.2, 0) is 19.5 Å². The van der Waals surface area contributed by atoms with E-state index in [-0.39, 0.29) is 0 Å². The minimum Gasteiger partial charge on any atom is -0.351 e. The lowest BCUT2D eigenvalue weighted by molar-refractivity contribution is 0.708. The number of aromatic nitrogens is 2. The van der Waals surface area contributed by atoms with Crippen molar-refractivity contribution >= 4 is 5.82 Å². The molecule has 1 aromatic heterocycles. The number of rotatable bonds is 3. The van der Waals surface area contributed by atoms with Crippen LogP contribution in [0.4, 0.5) is 5.82 Å². The molecule has 98 valence electrons. The highest BCUT2D eigenvalue weighted by atomic mass is 15.2. The molecule has 0 radical (unpaired) electrons. The quantitative estimate of drug-likeness (QED) is 0.906. The van der Waals surface area contributed by atoms with Crippen molar-refractivity contribution in [3.63, 3.8) is 0 Å². The van der Waals surface area contributed by atoms with Crippen molar-refractivity contribution in [2.75, 3.05) is 18.5 Å². The molecule has 1 N–H and O–H groups in total. The van der Waals surface area contributed by atoms with Gasteiger partial charge in [-0.1, -0.05) is 24.3 Å². The minimum atomic E-state index is 0.755. The average Bonchev–Trinajstić information content (AvgIpc) is 2.47. The molecule has 0 fully saturated rings. The Hall–Kier alpha value is -1.94. The van der Waals surface area contributed by atoms with Crippen molar-refractivity contribution in [2.24, 2.45) is 0 Å². The van der Waals surface area contributed by atoms with Crippen molar-refractivity contribution in [1.82, 2.24) is 15.3 Å². The molecule has 19 heavy (non-hydrogen) atoms. The second-order valence-electron chi connectivity index (χ2n) is 4.84. The van der Waals surface area contributed by atoms with Gasteiger partial charge in [0.25, 0.3) is 0 Å². The highest BCUT2D eigenvalue weighted by molar-refractivity contribution is 5.43. The van der Waals surface area contributed by atoms with E-state index in [1.807, 2.05) is 19.4 Å². The summed E-state index contributed by atoms with van der Waals surface area (Å²) in [5.41, 5.74) is 3.84. The highest BCUT2D eigenvalue weighted by Crippen LogP contribution is 2.22. The third-order valence-electron chi connectivity index (χ3n) is 3.48. The molecule has 1 aliphatic heterocycles. The Bertz CT molecular complexity index is 568. The maximum atomic E-state index is 4.66. The molecule has 2 heterocycles. The Kier molecular flexibility index (Phi) is 3.42. The summed E-state index contributed by atoms with van der Waals surface area (Å²) in [5, 5.41) is 3.11. The zero-order valence-electron chi connectivity index (χ0n) is 11.1. The van der Waals surface area contributed by atoms with E-state index in [4.69, 9.17) is 0 Å². The van der Waals surface area contributed by atoms with Gasteiger partial charge in [-0.3, -0.25) is 4.98 Å². The standard InChI is InChI=1S/C15H18N4/c1-16-8-14-9-17-10-15(18-14)19-7-6-12-4-2-3-5-13(12)11-19/h2-5,9-10,16H,6-8,11H2,1H3. The van der Waals surface area contributed by atoms with Crippen molar-refractivity contribution in [2.45, 2.75) is 19.5 Å². The van der Waals surface area contributed by atoms with Gasteiger partial charge in [-0.05, 0) is 24.6 Å². The highest BCUT2D eigenvalue weighted by Gasteiger charge is 2.17. The molecule has 3 rings (SSSR count). The number of benzene rings is 1. The Morgan fingerprint density at radius 1 is 1.21 bits per heavy atom. The fourth-order valence-electron chi connectivity index (χ4n) is 2.50. The van der Waals surface area contributed by atoms with Crippen LogP contribution in [-0.4, -0.2) is 23.6 Å². The smallest absolute Gasteiger partial charge is 0.147 e. The van der Waals surface area contributed by atoms with Gasteiger partial charge in [-0.25, -0.2) is 4.98 Å². The molecule has 0 saturated heterocycles. The fourth-order valence-corrected chi connectivity index (χ4v) is 2.50. The number of nitrogens with one attached hydrogen (secondary N) is 1. The maximum absolute atomic E-state index is 4.66. The lowest BCUT2D eigenvalue weighted by Crippen LogP contribution is -2.31. The van der Waals surface area contributed by atoms with E-state index in [0.29, 0.717) is 0 Å². The monoisotopic (exact) mass is 254 g/mol. The second-order valence-corrected chi connectivity index (χ2v) is 4.84. The van der Waals surface area contributed by atoms with Gasteiger partial charge in [0.05, 0.1) is 11.9 Å². The lowest BCUT2D eigenvalue weighted by atomic mass is 10.0. The minimum absolute atomic E-state index is 0.755. The van der Waals surface area contributed by atoms with Gasteiger partial charge in [0.2, 0.25) is 0 Å². The predicted molar refractivity (Wildman–Crippen MR) is 76.0 cm³/mol. The molecule has 0 bridgehead atoms. The zero-order chi connectivity index (χ0) is 13.1. The molecule has 2 aromatic rings. The molecule has 0 unspecified atom stereocenters. The molecule has 4 nitrogen and oxygen atoms in total. The topological polar surface area (TPSA) is 41.1 Å². The van der Waals surface area contributed by atoms with Crippen LogP contribution >= 0.6 is 0 Å². The van der Waals surface area contributed by atoms with Crippen molar-refractivity contribution in [3.05, 3.63) is 53.5 Å². The van der Waals surface area contributed by atoms with Crippen LogP contribution < -0.4 is 10.2 Å². The van der Waals surface area contributed by atoms with Crippen LogP contribution in [0.2, 0.25) is 0 Å². The van der Waals surface area contributed by atoms with E-state index in [0.717, 1.165) is 37.6 Å². The Morgan fingerprint density at radius 3 is 2.89 bits per heavy atom. The van der Waals surface area contributed by atoms with E-state index in [1.54, 1.807) is 0 Å². The van der Waals surface area contributed by atoms with Crippen LogP contribution in [0.25, 0.3) is 0 Å². The molecule has 0 atom stereocenters. The number of hydrogen-bond acceptors (Lipinski definition) is 4. The van der Waals surface area contributed by atoms with Gasteiger partial charge in [0, 0.05) is 25.8 Å². The van der Waals surface area contributed by atoms with Crippen LogP contribution in [0.15, 0.2) is 36.7 Å². The maximum Gasteiger partial charge on any atom is 0.147 e. The first kappa shape index (κ1) is 12.1. The molecular weight excluding hydrogens is 236 g/mol. The summed E-state index contributed by atoms with van der Waals surface area (Å²) in [5.74, 6) is 0.974. The van der Waals surface area contributed by atoms with Gasteiger partial charge in [-0.2, -0.15) is 0 Å². The molecule has 0 amide bonds. The van der Waals surface area contributed by atoms with E-state index in [9.17, 15) is 0 Å². The molecule has 0 aliphatic carbocycles. The third-order valence-corrected chi connectivity index (χ3v) is 3.48. The number of anilines is 1. The fraction of sp³-hybridized carbons (Fsp3) is 0.333. The van der Waals surface area contributed by atoms with Crippen LogP contribution in [0.3, 0.4) is 0 Å². The Labute approximate surface area is 113 Å². The average molecular weight is 254 g/mol. The van der Waals surface area contributed by atoms with Gasteiger partial charge >= 0.3 is 0 Å². The normalized spacial score (nSPS) is 14.3. The molecule has 1 aliphatic rings. The van der Waals surface area contributed by atoms with Gasteiger partial charge in [0.1, 0.15) is 5.82 Å². The summed E-state index contributed by atoms with van der Waals surface area (Å²) in [6.45, 7) is 2.69. The third kappa shape index (κ3) is 2.58. The first-order chi connectivity index (χ1) is 9.36. The molecule has 4 heteroatoms. The number of fused-ring (bicyclic) bond motifs is 1. The van der Waals surface area contributed by atoms with Crippen LogP contribution in [0, 0.1) is 0 Å². The van der Waals surface area contributed by atoms with Crippen molar-refractivity contribution < 1.29 is 0 Å². The Morgan fingerprint density at radius 2 is 2.05 bits per heavy atom.